The fourth-order valence-corrected chi connectivity index (χ4v) is 3.87. The molecule has 0 saturated heterocycles. The number of thiazole rings is 1. The van der Waals surface area contributed by atoms with Crippen molar-refractivity contribution in [3.63, 3.8) is 0 Å². The molecular weight excluding hydrogens is 341 g/mol. The molecule has 0 aliphatic heterocycles. The summed E-state index contributed by atoms with van der Waals surface area (Å²) in [6.45, 7) is 7.66. The molecule has 22 heavy (non-hydrogen) atoms. The zero-order valence-electron chi connectivity index (χ0n) is 13.5. The molecule has 4 nitrogen and oxygen atoms in total. The number of nitrogens with one attached hydrogen (secondary N) is 2. The number of nitrogens with zero attached hydrogens (tertiary/aromatic N) is 1. The van der Waals surface area contributed by atoms with Gasteiger partial charge in [-0.3, -0.25) is 4.79 Å². The lowest BCUT2D eigenvalue weighted by Crippen LogP contribution is -2.38. The molecule has 1 amide bonds. The predicted molar refractivity (Wildman–Crippen MR) is 98.0 cm³/mol. The minimum Gasteiger partial charge on any atom is -0.350 e. The Hall–Kier alpha value is -0.360. The number of halogens is 2. The Morgan fingerprint density at radius 3 is 2.59 bits per heavy atom. The zero-order chi connectivity index (χ0) is 14.5. The second-order valence-corrected chi connectivity index (χ2v) is 6.65. The van der Waals surface area contributed by atoms with E-state index < -0.39 is 0 Å². The van der Waals surface area contributed by atoms with Crippen LogP contribution in [0.3, 0.4) is 0 Å². The Bertz CT molecular complexity index is 462. The first-order valence-corrected chi connectivity index (χ1v) is 8.42. The van der Waals surface area contributed by atoms with Gasteiger partial charge in [0.05, 0.1) is 10.7 Å². The molecule has 1 aromatic rings. The highest BCUT2D eigenvalue weighted by atomic mass is 35.5. The van der Waals surface area contributed by atoms with Gasteiger partial charge in [0.1, 0.15) is 4.88 Å². The van der Waals surface area contributed by atoms with Gasteiger partial charge in [0.15, 0.2) is 0 Å². The number of rotatable bonds is 6. The summed E-state index contributed by atoms with van der Waals surface area (Å²) in [5.41, 5.74) is 0.880. The number of amides is 1. The van der Waals surface area contributed by atoms with Gasteiger partial charge in [0.25, 0.3) is 5.91 Å². The monoisotopic (exact) mass is 367 g/mol. The summed E-state index contributed by atoms with van der Waals surface area (Å²) in [5.74, 6) is 0.606. The molecule has 1 fully saturated rings. The molecular formula is C15H27Cl2N3OS. The SMILES string of the molecule is CCN[C@H](C)CNC(=O)c1sc(C2CCCC2)nc1C.Cl.Cl. The molecule has 1 heterocycles. The number of hydrogen-bond acceptors (Lipinski definition) is 4. The van der Waals surface area contributed by atoms with Crippen molar-refractivity contribution in [2.45, 2.75) is 58.4 Å². The first-order chi connectivity index (χ1) is 9.61. The van der Waals surface area contributed by atoms with Crippen LogP contribution in [0.15, 0.2) is 0 Å². The molecule has 1 aliphatic carbocycles. The van der Waals surface area contributed by atoms with Crippen molar-refractivity contribution in [1.82, 2.24) is 15.6 Å². The van der Waals surface area contributed by atoms with E-state index in [2.05, 4.69) is 29.5 Å². The summed E-state index contributed by atoms with van der Waals surface area (Å²) < 4.78 is 0. The normalized spacial score (nSPS) is 15.8. The number of aromatic nitrogens is 1. The summed E-state index contributed by atoms with van der Waals surface area (Å²) >= 11 is 1.59. The topological polar surface area (TPSA) is 54.0 Å². The second-order valence-electron chi connectivity index (χ2n) is 5.62. The van der Waals surface area contributed by atoms with Gasteiger partial charge in [-0.25, -0.2) is 4.98 Å². The van der Waals surface area contributed by atoms with Crippen LogP contribution >= 0.6 is 36.2 Å². The lowest BCUT2D eigenvalue weighted by atomic mass is 10.1. The van der Waals surface area contributed by atoms with Gasteiger partial charge in [-0.2, -0.15) is 0 Å². The van der Waals surface area contributed by atoms with Crippen LogP contribution in [0, 0.1) is 6.92 Å². The first-order valence-electron chi connectivity index (χ1n) is 7.60. The van der Waals surface area contributed by atoms with Crippen LogP contribution in [0.4, 0.5) is 0 Å². The minimum atomic E-state index is 0. The van der Waals surface area contributed by atoms with E-state index in [9.17, 15) is 4.79 Å². The van der Waals surface area contributed by atoms with Gasteiger partial charge in [-0.15, -0.1) is 36.2 Å². The molecule has 1 aliphatic rings. The van der Waals surface area contributed by atoms with E-state index in [1.54, 1.807) is 11.3 Å². The number of hydrogen-bond donors (Lipinski definition) is 2. The third kappa shape index (κ3) is 5.69. The van der Waals surface area contributed by atoms with Crippen molar-refractivity contribution < 1.29 is 4.79 Å². The molecule has 1 saturated carbocycles. The quantitative estimate of drug-likeness (QED) is 0.805. The molecule has 2 rings (SSSR count). The fourth-order valence-electron chi connectivity index (χ4n) is 2.72. The molecule has 1 atom stereocenters. The third-order valence-corrected chi connectivity index (χ3v) is 5.16. The highest BCUT2D eigenvalue weighted by molar-refractivity contribution is 7.13. The van der Waals surface area contributed by atoms with E-state index in [-0.39, 0.29) is 30.7 Å². The molecule has 0 aromatic carbocycles. The molecule has 7 heteroatoms. The Kier molecular flexibility index (Phi) is 10.3. The molecule has 0 radical (unpaired) electrons. The molecule has 0 bridgehead atoms. The maximum Gasteiger partial charge on any atom is 0.263 e. The standard InChI is InChI=1S/C15H25N3OS.2ClH/c1-4-16-10(2)9-17-14(19)13-11(3)18-15(20-13)12-7-5-6-8-12;;/h10,12,16H,4-9H2,1-3H3,(H,17,19);2*1H/t10-;;/m1../s1. The summed E-state index contributed by atoms with van der Waals surface area (Å²) in [4.78, 5) is 17.6. The van der Waals surface area contributed by atoms with Crippen molar-refractivity contribution >= 4 is 42.1 Å². The molecule has 2 N–H and O–H groups in total. The van der Waals surface area contributed by atoms with Crippen molar-refractivity contribution in [3.8, 4) is 0 Å². The molecule has 0 spiro atoms. The third-order valence-electron chi connectivity index (χ3n) is 3.85. The summed E-state index contributed by atoms with van der Waals surface area (Å²) in [7, 11) is 0. The van der Waals surface area contributed by atoms with Crippen LogP contribution in [0.5, 0.6) is 0 Å². The lowest BCUT2D eigenvalue weighted by Gasteiger charge is -2.12. The lowest BCUT2D eigenvalue weighted by molar-refractivity contribution is 0.0953. The van der Waals surface area contributed by atoms with E-state index in [0.717, 1.165) is 22.1 Å². The second kappa shape index (κ2) is 10.4. The minimum absolute atomic E-state index is 0. The highest BCUT2D eigenvalue weighted by Gasteiger charge is 2.23. The van der Waals surface area contributed by atoms with Crippen LogP contribution in [0.25, 0.3) is 0 Å². The van der Waals surface area contributed by atoms with E-state index in [1.165, 1.54) is 25.7 Å². The van der Waals surface area contributed by atoms with Crippen molar-refractivity contribution in [2.75, 3.05) is 13.1 Å². The average Bonchev–Trinajstić information content (AvgIpc) is 3.05. The Morgan fingerprint density at radius 2 is 2.00 bits per heavy atom. The van der Waals surface area contributed by atoms with Gasteiger partial charge >= 0.3 is 0 Å². The number of carbonyl (C=O) groups is 1. The van der Waals surface area contributed by atoms with Crippen molar-refractivity contribution in [2.24, 2.45) is 0 Å². The average molecular weight is 368 g/mol. The molecule has 1 aromatic heterocycles. The maximum absolute atomic E-state index is 12.2. The zero-order valence-corrected chi connectivity index (χ0v) is 15.9. The van der Waals surface area contributed by atoms with Crippen LogP contribution < -0.4 is 10.6 Å². The summed E-state index contributed by atoms with van der Waals surface area (Å²) in [6, 6.07) is 0.298. The van der Waals surface area contributed by atoms with E-state index in [0.29, 0.717) is 18.5 Å². The van der Waals surface area contributed by atoms with Gasteiger partial charge in [0, 0.05) is 18.5 Å². The fraction of sp³-hybridized carbons (Fsp3) is 0.733. The van der Waals surface area contributed by atoms with Crippen LogP contribution in [0.2, 0.25) is 0 Å². The van der Waals surface area contributed by atoms with Crippen molar-refractivity contribution in [3.05, 3.63) is 15.6 Å². The van der Waals surface area contributed by atoms with Crippen molar-refractivity contribution in [1.29, 1.82) is 0 Å². The van der Waals surface area contributed by atoms with Gasteiger partial charge in [0.2, 0.25) is 0 Å². The van der Waals surface area contributed by atoms with E-state index in [1.807, 2.05) is 6.92 Å². The molecule has 128 valence electrons. The van der Waals surface area contributed by atoms with Gasteiger partial charge in [-0.1, -0.05) is 19.8 Å². The van der Waals surface area contributed by atoms with Gasteiger partial charge in [-0.05, 0) is 33.2 Å². The molecule has 0 unspecified atom stereocenters. The predicted octanol–water partition coefficient (Wildman–Crippen LogP) is 3.68. The summed E-state index contributed by atoms with van der Waals surface area (Å²) in [6.07, 6.45) is 5.05. The largest absolute Gasteiger partial charge is 0.350 e. The number of aryl methyl sites for hydroxylation is 1. The summed E-state index contributed by atoms with van der Waals surface area (Å²) in [5, 5.41) is 7.44. The number of carbonyl (C=O) groups excluding carboxylic acids is 1. The van der Waals surface area contributed by atoms with Crippen LogP contribution in [-0.2, 0) is 0 Å². The van der Waals surface area contributed by atoms with Crippen LogP contribution in [0.1, 0.15) is 65.8 Å². The van der Waals surface area contributed by atoms with Crippen LogP contribution in [-0.4, -0.2) is 30.0 Å². The first kappa shape index (κ1) is 21.6. The Labute approximate surface area is 149 Å². The van der Waals surface area contributed by atoms with Gasteiger partial charge < -0.3 is 10.6 Å². The van der Waals surface area contributed by atoms with E-state index >= 15 is 0 Å². The number of likely N-dealkylation sites (N-methyl/N-ethyl adjacent to an activating group) is 1. The Morgan fingerprint density at radius 1 is 1.36 bits per heavy atom. The highest BCUT2D eigenvalue weighted by Crippen LogP contribution is 2.37. The smallest absolute Gasteiger partial charge is 0.263 e. The Balaban J connectivity index is 0.00000220. The maximum atomic E-state index is 12.2. The van der Waals surface area contributed by atoms with E-state index in [4.69, 9.17) is 0 Å².